The molecule has 0 fully saturated rings. The molecule has 1 rings (SSSR count). The van der Waals surface area contributed by atoms with Crippen molar-refractivity contribution in [3.05, 3.63) is 21.7 Å². The number of aryl methyl sites for hydroxylation is 1. The molecular weight excluding hydrogens is 118 g/mol. The third kappa shape index (κ3) is 0.896. The highest BCUT2D eigenvalue weighted by atomic mass is 16.5. The largest absolute Gasteiger partial charge is 0.384 e. The summed E-state index contributed by atoms with van der Waals surface area (Å²) in [6, 6.07) is 0. The van der Waals surface area contributed by atoms with Crippen molar-refractivity contribution in [1.82, 2.24) is 5.16 Å². The van der Waals surface area contributed by atoms with Crippen LogP contribution < -0.4 is 5.56 Å². The van der Waals surface area contributed by atoms with Gasteiger partial charge in [0.25, 0.3) is 5.56 Å². The first-order valence-corrected chi connectivity index (χ1v) is 2.92. The minimum atomic E-state index is -0.102. The van der Waals surface area contributed by atoms with E-state index in [2.05, 4.69) is 5.16 Å². The summed E-state index contributed by atoms with van der Waals surface area (Å²) in [5, 5.41) is 2.26. The van der Waals surface area contributed by atoms with Crippen molar-refractivity contribution in [2.24, 2.45) is 0 Å². The fourth-order valence-electron chi connectivity index (χ4n) is 0.815. The number of aromatic nitrogens is 1. The van der Waals surface area contributed by atoms with Gasteiger partial charge in [-0.2, -0.15) is 5.16 Å². The van der Waals surface area contributed by atoms with Crippen molar-refractivity contribution in [2.45, 2.75) is 20.3 Å². The third-order valence-corrected chi connectivity index (χ3v) is 1.35. The summed E-state index contributed by atoms with van der Waals surface area (Å²) < 4.78 is 4.75. The molecule has 1 aromatic heterocycles. The molecule has 0 amide bonds. The van der Waals surface area contributed by atoms with Gasteiger partial charge >= 0.3 is 0 Å². The molecule has 0 radical (unpaired) electrons. The molecule has 0 aliphatic rings. The van der Waals surface area contributed by atoms with Crippen LogP contribution in [0.15, 0.2) is 9.32 Å². The molecule has 0 unspecified atom stereocenters. The van der Waals surface area contributed by atoms with E-state index in [9.17, 15) is 4.79 Å². The minimum Gasteiger partial charge on any atom is -0.384 e. The van der Waals surface area contributed by atoms with Gasteiger partial charge in [0.15, 0.2) is 0 Å². The van der Waals surface area contributed by atoms with Crippen LogP contribution >= 0.6 is 0 Å². The van der Waals surface area contributed by atoms with Gasteiger partial charge in [0.1, 0.15) is 5.76 Å². The van der Waals surface area contributed by atoms with Crippen molar-refractivity contribution >= 4 is 0 Å². The Kier molecular flexibility index (Phi) is 1.42. The Morgan fingerprint density at radius 3 is 2.56 bits per heavy atom. The van der Waals surface area contributed by atoms with Gasteiger partial charge in [0.05, 0.1) is 5.56 Å². The van der Waals surface area contributed by atoms with Gasteiger partial charge in [-0.3, -0.25) is 4.79 Å². The van der Waals surface area contributed by atoms with E-state index >= 15 is 0 Å². The summed E-state index contributed by atoms with van der Waals surface area (Å²) in [5.74, 6) is 0.697. The zero-order valence-corrected chi connectivity index (χ0v) is 5.52. The molecule has 1 aromatic rings. The van der Waals surface area contributed by atoms with Crippen molar-refractivity contribution < 1.29 is 4.52 Å². The van der Waals surface area contributed by atoms with Gasteiger partial charge in [-0.05, 0) is 13.3 Å². The predicted molar refractivity (Wildman–Crippen MR) is 33.4 cm³/mol. The van der Waals surface area contributed by atoms with Crippen molar-refractivity contribution in [2.75, 3.05) is 0 Å². The Hall–Kier alpha value is -0.990. The van der Waals surface area contributed by atoms with Crippen LogP contribution in [-0.4, -0.2) is 5.16 Å². The Morgan fingerprint density at radius 2 is 2.33 bits per heavy atom. The van der Waals surface area contributed by atoms with Gasteiger partial charge < -0.3 is 4.52 Å². The second-order valence-corrected chi connectivity index (χ2v) is 1.92. The molecule has 3 nitrogen and oxygen atoms in total. The van der Waals surface area contributed by atoms with Gasteiger partial charge in [-0.1, -0.05) is 6.92 Å². The van der Waals surface area contributed by atoms with Crippen molar-refractivity contribution in [3.63, 3.8) is 0 Å². The van der Waals surface area contributed by atoms with Crippen LogP contribution in [0.1, 0.15) is 18.2 Å². The van der Waals surface area contributed by atoms with E-state index in [4.69, 9.17) is 4.52 Å². The SMILES string of the molecule is CCc1c(C)o[nH]c1=O. The van der Waals surface area contributed by atoms with Crippen LogP contribution in [0.5, 0.6) is 0 Å². The summed E-state index contributed by atoms with van der Waals surface area (Å²) >= 11 is 0. The Bertz CT molecular complexity index is 246. The fourth-order valence-corrected chi connectivity index (χ4v) is 0.815. The standard InChI is InChI=1S/C6H9NO2/c1-3-5-4(2)9-7-6(5)8/h3H2,1-2H3,(H,7,8). The Balaban J connectivity index is 3.23. The lowest BCUT2D eigenvalue weighted by Gasteiger charge is -1.82. The maximum Gasteiger partial charge on any atom is 0.283 e. The molecule has 0 bridgehead atoms. The molecule has 9 heavy (non-hydrogen) atoms. The van der Waals surface area contributed by atoms with E-state index in [1.807, 2.05) is 6.92 Å². The molecular formula is C6H9NO2. The summed E-state index contributed by atoms with van der Waals surface area (Å²) in [5.41, 5.74) is 0.644. The number of hydrogen-bond acceptors (Lipinski definition) is 2. The molecule has 0 saturated heterocycles. The van der Waals surface area contributed by atoms with E-state index in [-0.39, 0.29) is 5.56 Å². The van der Waals surface area contributed by atoms with Crippen LogP contribution in [-0.2, 0) is 6.42 Å². The van der Waals surface area contributed by atoms with E-state index < -0.39 is 0 Å². The first kappa shape index (κ1) is 6.13. The van der Waals surface area contributed by atoms with Gasteiger partial charge in [-0.25, -0.2) is 0 Å². The summed E-state index contributed by atoms with van der Waals surface area (Å²) in [6.45, 7) is 3.70. The molecule has 0 spiro atoms. The van der Waals surface area contributed by atoms with Gasteiger partial charge in [-0.15, -0.1) is 0 Å². The summed E-state index contributed by atoms with van der Waals surface area (Å²) in [4.78, 5) is 10.7. The van der Waals surface area contributed by atoms with Crippen LogP contribution in [0.2, 0.25) is 0 Å². The molecule has 0 aliphatic heterocycles. The second kappa shape index (κ2) is 2.09. The van der Waals surface area contributed by atoms with Crippen LogP contribution in [0.3, 0.4) is 0 Å². The number of rotatable bonds is 1. The third-order valence-electron chi connectivity index (χ3n) is 1.35. The molecule has 50 valence electrons. The normalized spacial score (nSPS) is 10.0. The molecule has 0 saturated carbocycles. The lowest BCUT2D eigenvalue weighted by Crippen LogP contribution is -2.03. The van der Waals surface area contributed by atoms with Crippen LogP contribution in [0.4, 0.5) is 0 Å². The Labute approximate surface area is 52.7 Å². The summed E-state index contributed by atoms with van der Waals surface area (Å²) in [7, 11) is 0. The predicted octanol–water partition coefficient (Wildman–Crippen LogP) is 0.839. The zero-order valence-electron chi connectivity index (χ0n) is 5.52. The lowest BCUT2D eigenvalue weighted by molar-refractivity contribution is 0.391. The topological polar surface area (TPSA) is 46.0 Å². The van der Waals surface area contributed by atoms with E-state index in [0.717, 1.165) is 12.0 Å². The Morgan fingerprint density at radius 1 is 1.67 bits per heavy atom. The molecule has 0 aromatic carbocycles. The van der Waals surface area contributed by atoms with E-state index in [0.29, 0.717) is 5.76 Å². The highest BCUT2D eigenvalue weighted by molar-refractivity contribution is 5.10. The smallest absolute Gasteiger partial charge is 0.283 e. The first-order chi connectivity index (χ1) is 4.25. The molecule has 1 heterocycles. The molecule has 1 N–H and O–H groups in total. The average molecular weight is 127 g/mol. The fraction of sp³-hybridized carbons (Fsp3) is 0.500. The minimum absolute atomic E-state index is 0.102. The number of aromatic amines is 1. The monoisotopic (exact) mass is 127 g/mol. The quantitative estimate of drug-likeness (QED) is 0.607. The molecule has 0 aliphatic carbocycles. The van der Waals surface area contributed by atoms with Crippen molar-refractivity contribution in [3.8, 4) is 0 Å². The molecule has 3 heteroatoms. The highest BCUT2D eigenvalue weighted by Gasteiger charge is 2.03. The maximum atomic E-state index is 10.7. The van der Waals surface area contributed by atoms with E-state index in [1.165, 1.54) is 0 Å². The average Bonchev–Trinajstić information content (AvgIpc) is 2.12. The van der Waals surface area contributed by atoms with Crippen molar-refractivity contribution in [1.29, 1.82) is 0 Å². The first-order valence-electron chi connectivity index (χ1n) is 2.92. The highest BCUT2D eigenvalue weighted by Crippen LogP contribution is 1.99. The zero-order chi connectivity index (χ0) is 6.85. The number of hydrogen-bond donors (Lipinski definition) is 1. The van der Waals surface area contributed by atoms with Gasteiger partial charge in [0.2, 0.25) is 0 Å². The molecule has 0 atom stereocenters. The summed E-state index contributed by atoms with van der Waals surface area (Å²) in [6.07, 6.45) is 0.734. The van der Waals surface area contributed by atoms with E-state index in [1.54, 1.807) is 6.92 Å². The van der Waals surface area contributed by atoms with Crippen LogP contribution in [0, 0.1) is 6.92 Å². The maximum absolute atomic E-state index is 10.7. The van der Waals surface area contributed by atoms with Gasteiger partial charge in [0, 0.05) is 0 Å². The lowest BCUT2D eigenvalue weighted by atomic mass is 10.2. The number of H-pyrrole nitrogens is 1. The second-order valence-electron chi connectivity index (χ2n) is 1.92. The number of nitrogens with one attached hydrogen (secondary N) is 1. The van der Waals surface area contributed by atoms with Crippen LogP contribution in [0.25, 0.3) is 0 Å².